The zero-order valence-electron chi connectivity index (χ0n) is 9.13. The van der Waals surface area contributed by atoms with Gasteiger partial charge >= 0.3 is 6.18 Å². The third kappa shape index (κ3) is 2.30. The average molecular weight is 255 g/mol. The van der Waals surface area contributed by atoms with E-state index in [2.05, 4.69) is 0 Å². The van der Waals surface area contributed by atoms with Gasteiger partial charge in [0.25, 0.3) is 0 Å². The molecule has 0 aliphatic rings. The van der Waals surface area contributed by atoms with Gasteiger partial charge in [-0.25, -0.2) is 4.39 Å². The van der Waals surface area contributed by atoms with Gasteiger partial charge in [0.1, 0.15) is 5.82 Å². The second-order valence-corrected chi connectivity index (χ2v) is 3.79. The van der Waals surface area contributed by atoms with Crippen LogP contribution in [-0.2, 0) is 6.18 Å². The van der Waals surface area contributed by atoms with Crippen molar-refractivity contribution in [1.82, 2.24) is 0 Å². The maximum atomic E-state index is 13.8. The summed E-state index contributed by atoms with van der Waals surface area (Å²) in [6.45, 7) is 0. The van der Waals surface area contributed by atoms with Gasteiger partial charge in [0.15, 0.2) is 0 Å². The fraction of sp³-hybridized carbons (Fsp3) is 0.0769. The molecule has 1 nitrogen and oxygen atoms in total. The summed E-state index contributed by atoms with van der Waals surface area (Å²) >= 11 is 0. The summed E-state index contributed by atoms with van der Waals surface area (Å²) in [6.07, 6.45) is -4.70. The predicted octanol–water partition coefficient (Wildman–Crippen LogP) is 4.09. The topological polar surface area (TPSA) is 26.0 Å². The van der Waals surface area contributed by atoms with Gasteiger partial charge in [-0.3, -0.25) is 0 Å². The lowest BCUT2D eigenvalue weighted by molar-refractivity contribution is -0.139. The number of benzene rings is 2. The van der Waals surface area contributed by atoms with E-state index in [1.54, 1.807) is 0 Å². The molecule has 94 valence electrons. The van der Waals surface area contributed by atoms with Crippen molar-refractivity contribution >= 4 is 5.69 Å². The van der Waals surface area contributed by atoms with Gasteiger partial charge in [-0.2, -0.15) is 13.2 Å². The highest BCUT2D eigenvalue weighted by Crippen LogP contribution is 2.35. The third-order valence-corrected chi connectivity index (χ3v) is 2.53. The molecule has 2 aromatic carbocycles. The van der Waals surface area contributed by atoms with Gasteiger partial charge in [-0.15, -0.1) is 0 Å². The second-order valence-electron chi connectivity index (χ2n) is 3.79. The lowest BCUT2D eigenvalue weighted by Gasteiger charge is -2.11. The van der Waals surface area contributed by atoms with Gasteiger partial charge in [0, 0.05) is 11.3 Å². The van der Waals surface area contributed by atoms with Gasteiger partial charge in [0.05, 0.1) is 5.56 Å². The number of rotatable bonds is 1. The molecule has 0 amide bonds. The Morgan fingerprint density at radius 1 is 0.889 bits per heavy atom. The zero-order valence-corrected chi connectivity index (χ0v) is 9.13. The van der Waals surface area contributed by atoms with Crippen LogP contribution in [0.1, 0.15) is 5.56 Å². The van der Waals surface area contributed by atoms with Crippen LogP contribution in [0.15, 0.2) is 42.5 Å². The largest absolute Gasteiger partial charge is 0.419 e. The fourth-order valence-electron chi connectivity index (χ4n) is 1.64. The Balaban J connectivity index is 2.56. The Hall–Kier alpha value is -2.04. The van der Waals surface area contributed by atoms with Crippen LogP contribution in [0.3, 0.4) is 0 Å². The number of halogens is 4. The van der Waals surface area contributed by atoms with E-state index in [4.69, 9.17) is 5.73 Å². The number of nitrogen functional groups attached to an aromatic ring is 1. The van der Waals surface area contributed by atoms with Crippen molar-refractivity contribution in [3.63, 3.8) is 0 Å². The summed E-state index contributed by atoms with van der Waals surface area (Å²) in [6, 6.07) is 9.18. The Bertz CT molecular complexity index is 558. The van der Waals surface area contributed by atoms with E-state index in [1.165, 1.54) is 36.4 Å². The van der Waals surface area contributed by atoms with Crippen LogP contribution in [0.4, 0.5) is 23.2 Å². The predicted molar refractivity (Wildman–Crippen MR) is 61.3 cm³/mol. The van der Waals surface area contributed by atoms with E-state index in [9.17, 15) is 17.6 Å². The SMILES string of the molecule is Nc1ccc(-c2cccc(C(F)(F)F)c2F)cc1. The highest BCUT2D eigenvalue weighted by atomic mass is 19.4. The van der Waals surface area contributed by atoms with Gasteiger partial charge in [-0.1, -0.05) is 24.3 Å². The molecule has 0 radical (unpaired) electrons. The summed E-state index contributed by atoms with van der Waals surface area (Å²) < 4.78 is 51.4. The van der Waals surface area contributed by atoms with Crippen molar-refractivity contribution in [3.8, 4) is 11.1 Å². The highest BCUT2D eigenvalue weighted by Gasteiger charge is 2.34. The van der Waals surface area contributed by atoms with Crippen LogP contribution in [0.25, 0.3) is 11.1 Å². The number of hydrogen-bond acceptors (Lipinski definition) is 1. The maximum Gasteiger partial charge on any atom is 0.419 e. The van der Waals surface area contributed by atoms with E-state index in [0.717, 1.165) is 6.07 Å². The third-order valence-electron chi connectivity index (χ3n) is 2.53. The first kappa shape index (κ1) is 12.4. The summed E-state index contributed by atoms with van der Waals surface area (Å²) in [5.41, 5.74) is 4.93. The molecule has 2 rings (SSSR count). The molecule has 18 heavy (non-hydrogen) atoms. The van der Waals surface area contributed by atoms with Gasteiger partial charge < -0.3 is 5.73 Å². The van der Waals surface area contributed by atoms with Crippen molar-refractivity contribution in [2.75, 3.05) is 5.73 Å². The van der Waals surface area contributed by atoms with E-state index in [1.807, 2.05) is 0 Å². The van der Waals surface area contributed by atoms with Crippen molar-refractivity contribution in [2.24, 2.45) is 0 Å². The molecule has 0 spiro atoms. The number of hydrogen-bond donors (Lipinski definition) is 1. The summed E-state index contributed by atoms with van der Waals surface area (Å²) in [7, 11) is 0. The molecule has 2 aromatic rings. The minimum atomic E-state index is -4.70. The number of nitrogens with two attached hydrogens (primary N) is 1. The molecule has 0 heterocycles. The first-order valence-electron chi connectivity index (χ1n) is 5.11. The standard InChI is InChI=1S/C13H9F4N/c14-12-10(8-4-6-9(18)7-5-8)2-1-3-11(12)13(15,16)17/h1-7H,18H2. The number of alkyl halides is 3. The molecule has 0 saturated heterocycles. The number of anilines is 1. The van der Waals surface area contributed by atoms with Crippen molar-refractivity contribution < 1.29 is 17.6 Å². The molecule has 0 fully saturated rings. The Labute approximate surface area is 101 Å². The highest BCUT2D eigenvalue weighted by molar-refractivity contribution is 5.67. The Kier molecular flexibility index (Phi) is 2.98. The molecule has 0 aliphatic heterocycles. The monoisotopic (exact) mass is 255 g/mol. The lowest BCUT2D eigenvalue weighted by Crippen LogP contribution is -2.08. The van der Waals surface area contributed by atoms with Crippen LogP contribution in [-0.4, -0.2) is 0 Å². The Morgan fingerprint density at radius 2 is 1.50 bits per heavy atom. The molecule has 0 atom stereocenters. The molecule has 2 N–H and O–H groups in total. The molecule has 0 aliphatic carbocycles. The summed E-state index contributed by atoms with van der Waals surface area (Å²) in [5, 5.41) is 0. The van der Waals surface area contributed by atoms with Gasteiger partial charge in [-0.05, 0) is 23.8 Å². The fourth-order valence-corrected chi connectivity index (χ4v) is 1.64. The summed E-state index contributed by atoms with van der Waals surface area (Å²) in [5.74, 6) is -1.27. The van der Waals surface area contributed by atoms with Crippen molar-refractivity contribution in [3.05, 3.63) is 53.8 Å². The molecule has 0 unspecified atom stereocenters. The molecular weight excluding hydrogens is 246 g/mol. The summed E-state index contributed by atoms with van der Waals surface area (Å²) in [4.78, 5) is 0. The van der Waals surface area contributed by atoms with E-state index >= 15 is 0 Å². The Morgan fingerprint density at radius 3 is 2.06 bits per heavy atom. The van der Waals surface area contributed by atoms with Gasteiger partial charge in [0.2, 0.25) is 0 Å². The van der Waals surface area contributed by atoms with Crippen LogP contribution >= 0.6 is 0 Å². The van der Waals surface area contributed by atoms with E-state index < -0.39 is 17.6 Å². The smallest absolute Gasteiger partial charge is 0.399 e. The molecular formula is C13H9F4N. The van der Waals surface area contributed by atoms with E-state index in [-0.39, 0.29) is 5.56 Å². The maximum absolute atomic E-state index is 13.8. The molecule has 0 aromatic heterocycles. The normalized spacial score (nSPS) is 11.6. The van der Waals surface area contributed by atoms with Crippen LogP contribution in [0, 0.1) is 5.82 Å². The molecule has 0 saturated carbocycles. The first-order valence-corrected chi connectivity index (χ1v) is 5.11. The van der Waals surface area contributed by atoms with Crippen molar-refractivity contribution in [1.29, 1.82) is 0 Å². The zero-order chi connectivity index (χ0) is 13.3. The average Bonchev–Trinajstić information content (AvgIpc) is 2.29. The van der Waals surface area contributed by atoms with E-state index in [0.29, 0.717) is 11.3 Å². The van der Waals surface area contributed by atoms with Crippen LogP contribution in [0.2, 0.25) is 0 Å². The quantitative estimate of drug-likeness (QED) is 0.602. The second kappa shape index (κ2) is 4.33. The minimum Gasteiger partial charge on any atom is -0.399 e. The molecule has 0 bridgehead atoms. The van der Waals surface area contributed by atoms with Crippen LogP contribution in [0.5, 0.6) is 0 Å². The molecule has 5 heteroatoms. The van der Waals surface area contributed by atoms with Crippen LogP contribution < -0.4 is 5.73 Å². The first-order chi connectivity index (χ1) is 8.39. The lowest BCUT2D eigenvalue weighted by atomic mass is 10.0. The van der Waals surface area contributed by atoms with Crippen molar-refractivity contribution in [2.45, 2.75) is 6.18 Å². The minimum absolute atomic E-state index is 0.0928.